The second-order valence-electron chi connectivity index (χ2n) is 7.17. The van der Waals surface area contributed by atoms with Crippen molar-refractivity contribution in [1.29, 1.82) is 0 Å². The molecule has 2 N–H and O–H groups in total. The fourth-order valence-corrected chi connectivity index (χ4v) is 3.82. The molecule has 0 bridgehead atoms. The number of amides is 2. The number of benzene rings is 2. The standard InChI is InChI=1S/C24H20FN3O3S/c1-15-5-10-21(31-15)24-28-20(14-32-24)12-22(29)26-13-16-3-2-4-19(11-16)27-23(30)17-6-8-18(25)9-7-17/h2-11,14H,12-13H2,1H3,(H,26,29)(H,27,30). The summed E-state index contributed by atoms with van der Waals surface area (Å²) in [6, 6.07) is 16.2. The van der Waals surface area contributed by atoms with Gasteiger partial charge in [-0.1, -0.05) is 12.1 Å². The molecule has 0 spiro atoms. The summed E-state index contributed by atoms with van der Waals surface area (Å²) in [6.07, 6.45) is 0.164. The SMILES string of the molecule is Cc1ccc(-c2nc(CC(=O)NCc3cccc(NC(=O)c4ccc(F)cc4)c3)cs2)o1. The molecule has 0 fully saturated rings. The molecule has 2 heterocycles. The van der Waals surface area contributed by atoms with E-state index in [0.717, 1.165) is 16.3 Å². The number of carbonyl (C=O) groups excluding carboxylic acids is 2. The highest BCUT2D eigenvalue weighted by Crippen LogP contribution is 2.25. The monoisotopic (exact) mass is 449 g/mol. The third kappa shape index (κ3) is 5.47. The van der Waals surface area contributed by atoms with E-state index in [1.165, 1.54) is 35.6 Å². The number of halogens is 1. The number of thiazole rings is 1. The number of hydrogen-bond acceptors (Lipinski definition) is 5. The van der Waals surface area contributed by atoms with Crippen LogP contribution >= 0.6 is 11.3 Å². The van der Waals surface area contributed by atoms with E-state index in [2.05, 4.69) is 15.6 Å². The number of hydrogen-bond donors (Lipinski definition) is 2. The van der Waals surface area contributed by atoms with E-state index in [4.69, 9.17) is 4.42 Å². The van der Waals surface area contributed by atoms with Crippen LogP contribution in [0, 0.1) is 12.7 Å². The van der Waals surface area contributed by atoms with Crippen LogP contribution in [-0.2, 0) is 17.8 Å². The average Bonchev–Trinajstić information content (AvgIpc) is 3.42. The van der Waals surface area contributed by atoms with Crippen molar-refractivity contribution >= 4 is 28.8 Å². The molecule has 0 aliphatic rings. The smallest absolute Gasteiger partial charge is 0.255 e. The van der Waals surface area contributed by atoms with Crippen molar-refractivity contribution in [3.05, 3.63) is 94.4 Å². The van der Waals surface area contributed by atoms with E-state index in [1.54, 1.807) is 18.2 Å². The van der Waals surface area contributed by atoms with Crippen LogP contribution in [0.25, 0.3) is 10.8 Å². The molecule has 0 radical (unpaired) electrons. The fourth-order valence-electron chi connectivity index (χ4n) is 3.04. The number of nitrogens with zero attached hydrogens (tertiary/aromatic N) is 1. The van der Waals surface area contributed by atoms with Gasteiger partial charge in [0.25, 0.3) is 5.91 Å². The summed E-state index contributed by atoms with van der Waals surface area (Å²) in [5.41, 5.74) is 2.46. The van der Waals surface area contributed by atoms with Gasteiger partial charge in [0.2, 0.25) is 5.91 Å². The van der Waals surface area contributed by atoms with Crippen molar-refractivity contribution in [1.82, 2.24) is 10.3 Å². The summed E-state index contributed by atoms with van der Waals surface area (Å²) in [5.74, 6) is 0.615. The summed E-state index contributed by atoms with van der Waals surface area (Å²) >= 11 is 1.43. The Morgan fingerprint density at radius 1 is 1.09 bits per heavy atom. The second-order valence-corrected chi connectivity index (χ2v) is 8.03. The van der Waals surface area contributed by atoms with Crippen LogP contribution in [0.1, 0.15) is 27.4 Å². The van der Waals surface area contributed by atoms with E-state index < -0.39 is 5.82 Å². The number of anilines is 1. The second kappa shape index (κ2) is 9.57. The highest BCUT2D eigenvalue weighted by molar-refractivity contribution is 7.13. The lowest BCUT2D eigenvalue weighted by atomic mass is 10.1. The molecule has 2 amide bonds. The number of carbonyl (C=O) groups is 2. The predicted molar refractivity (Wildman–Crippen MR) is 121 cm³/mol. The maximum absolute atomic E-state index is 13.0. The Hall–Kier alpha value is -3.78. The average molecular weight is 450 g/mol. The van der Waals surface area contributed by atoms with Crippen LogP contribution in [0.4, 0.5) is 10.1 Å². The van der Waals surface area contributed by atoms with E-state index >= 15 is 0 Å². The van der Waals surface area contributed by atoms with Crippen molar-refractivity contribution in [2.45, 2.75) is 19.9 Å². The minimum absolute atomic E-state index is 0.154. The van der Waals surface area contributed by atoms with Crippen LogP contribution in [-0.4, -0.2) is 16.8 Å². The third-order valence-electron chi connectivity index (χ3n) is 4.63. The number of furan rings is 1. The lowest BCUT2D eigenvalue weighted by Crippen LogP contribution is -2.24. The third-order valence-corrected chi connectivity index (χ3v) is 5.53. The maximum atomic E-state index is 13.0. The minimum atomic E-state index is -0.399. The Morgan fingerprint density at radius 2 is 1.91 bits per heavy atom. The summed E-state index contributed by atoms with van der Waals surface area (Å²) < 4.78 is 18.6. The van der Waals surface area contributed by atoms with Crippen molar-refractivity contribution in [2.75, 3.05) is 5.32 Å². The van der Waals surface area contributed by atoms with E-state index in [-0.39, 0.29) is 18.2 Å². The van der Waals surface area contributed by atoms with Gasteiger partial charge in [-0.25, -0.2) is 9.37 Å². The lowest BCUT2D eigenvalue weighted by Gasteiger charge is -2.09. The first-order valence-electron chi connectivity index (χ1n) is 9.90. The Labute approximate surface area is 188 Å². The molecule has 4 aromatic rings. The Balaban J connectivity index is 1.31. The molecule has 4 rings (SSSR count). The van der Waals surface area contributed by atoms with Crippen molar-refractivity contribution in [3.63, 3.8) is 0 Å². The molecule has 6 nitrogen and oxygen atoms in total. The minimum Gasteiger partial charge on any atom is -0.459 e. The van der Waals surface area contributed by atoms with Gasteiger partial charge in [0.15, 0.2) is 10.8 Å². The quantitative estimate of drug-likeness (QED) is 0.418. The summed E-state index contributed by atoms with van der Waals surface area (Å²) in [7, 11) is 0. The van der Waals surface area contributed by atoms with Crippen molar-refractivity contribution in [2.24, 2.45) is 0 Å². The molecule has 0 aliphatic heterocycles. The van der Waals surface area contributed by atoms with Crippen molar-refractivity contribution < 1.29 is 18.4 Å². The largest absolute Gasteiger partial charge is 0.459 e. The van der Waals surface area contributed by atoms with Crippen LogP contribution in [0.5, 0.6) is 0 Å². The summed E-state index contributed by atoms with van der Waals surface area (Å²) in [4.78, 5) is 29.1. The zero-order valence-corrected chi connectivity index (χ0v) is 18.0. The zero-order chi connectivity index (χ0) is 22.5. The van der Waals surface area contributed by atoms with Gasteiger partial charge in [-0.3, -0.25) is 9.59 Å². The Bertz CT molecular complexity index is 1250. The van der Waals surface area contributed by atoms with E-state index in [1.807, 2.05) is 30.5 Å². The number of nitrogens with one attached hydrogen (secondary N) is 2. The molecule has 0 aliphatic carbocycles. The summed E-state index contributed by atoms with van der Waals surface area (Å²) in [6.45, 7) is 2.18. The van der Waals surface area contributed by atoms with Gasteiger partial charge in [-0.15, -0.1) is 11.3 Å². The van der Waals surface area contributed by atoms with Gasteiger partial charge in [0.1, 0.15) is 11.6 Å². The summed E-state index contributed by atoms with van der Waals surface area (Å²) in [5, 5.41) is 8.23. The van der Waals surface area contributed by atoms with Gasteiger partial charge in [0.05, 0.1) is 12.1 Å². The zero-order valence-electron chi connectivity index (χ0n) is 17.2. The van der Waals surface area contributed by atoms with Gasteiger partial charge < -0.3 is 15.1 Å². The van der Waals surface area contributed by atoms with Gasteiger partial charge in [0, 0.05) is 23.2 Å². The van der Waals surface area contributed by atoms with Crippen LogP contribution < -0.4 is 10.6 Å². The topological polar surface area (TPSA) is 84.2 Å². The number of aromatic nitrogens is 1. The Kier molecular flexibility index (Phi) is 6.42. The van der Waals surface area contributed by atoms with Crippen molar-refractivity contribution in [3.8, 4) is 10.8 Å². The fraction of sp³-hybridized carbons (Fsp3) is 0.125. The molecular weight excluding hydrogens is 429 g/mol. The molecule has 0 saturated carbocycles. The molecular formula is C24H20FN3O3S. The predicted octanol–water partition coefficient (Wildman–Crippen LogP) is 4.96. The molecule has 162 valence electrons. The van der Waals surface area contributed by atoms with Crippen LogP contribution in [0.2, 0.25) is 0 Å². The highest BCUT2D eigenvalue weighted by Gasteiger charge is 2.12. The van der Waals surface area contributed by atoms with E-state index in [9.17, 15) is 14.0 Å². The van der Waals surface area contributed by atoms with Crippen LogP contribution in [0.15, 0.2) is 70.5 Å². The van der Waals surface area contributed by atoms with Gasteiger partial charge in [-0.2, -0.15) is 0 Å². The molecule has 2 aromatic carbocycles. The number of rotatable bonds is 7. The van der Waals surface area contributed by atoms with Crippen LogP contribution in [0.3, 0.4) is 0 Å². The van der Waals surface area contributed by atoms with Gasteiger partial charge >= 0.3 is 0 Å². The molecule has 0 atom stereocenters. The Morgan fingerprint density at radius 3 is 2.66 bits per heavy atom. The molecule has 8 heteroatoms. The van der Waals surface area contributed by atoms with E-state index in [0.29, 0.717) is 29.2 Å². The first-order chi connectivity index (χ1) is 15.5. The number of aryl methyl sites for hydroxylation is 1. The molecule has 32 heavy (non-hydrogen) atoms. The molecule has 0 unspecified atom stereocenters. The maximum Gasteiger partial charge on any atom is 0.255 e. The van der Waals surface area contributed by atoms with Gasteiger partial charge in [-0.05, 0) is 61.0 Å². The normalized spacial score (nSPS) is 10.7. The first kappa shape index (κ1) is 21.5. The first-order valence-corrected chi connectivity index (χ1v) is 10.8. The highest BCUT2D eigenvalue weighted by atomic mass is 32.1. The lowest BCUT2D eigenvalue weighted by molar-refractivity contribution is -0.120. The molecule has 2 aromatic heterocycles. The molecule has 0 saturated heterocycles.